The highest BCUT2D eigenvalue weighted by molar-refractivity contribution is 6.28. The lowest BCUT2D eigenvalue weighted by Crippen LogP contribution is -2.41. The normalized spacial score (nSPS) is 11.6. The average molecular weight is 199 g/mol. The molecule has 1 amide bonds. The summed E-state index contributed by atoms with van der Waals surface area (Å²) in [6, 6.07) is -0.844. The Labute approximate surface area is 81.5 Å². The molecule has 0 aliphatic heterocycles. The molecule has 14 heavy (non-hydrogen) atoms. The van der Waals surface area contributed by atoms with Crippen molar-refractivity contribution < 1.29 is 19.5 Å². The molecule has 0 aromatic carbocycles. The van der Waals surface area contributed by atoms with Gasteiger partial charge in [-0.25, -0.2) is 4.79 Å². The largest absolute Gasteiger partial charge is 0.465 e. The monoisotopic (exact) mass is 199 g/mol. The van der Waals surface area contributed by atoms with Crippen LogP contribution in [0.5, 0.6) is 0 Å². The average Bonchev–Trinajstić information content (AvgIpc) is 2.01. The highest BCUT2D eigenvalue weighted by atomic mass is 16.4. The van der Waals surface area contributed by atoms with E-state index in [4.69, 9.17) is 10.6 Å². The molecule has 1 atom stereocenters. The molecule has 0 aliphatic rings. The van der Waals surface area contributed by atoms with Gasteiger partial charge in [-0.05, 0) is 12.3 Å². The molecule has 0 aromatic rings. The molecule has 0 radical (unpaired) electrons. The first-order valence-corrected chi connectivity index (χ1v) is 4.18. The molecule has 6 nitrogen and oxygen atoms in total. The quantitative estimate of drug-likeness (QED) is 0.383. The molecule has 0 saturated heterocycles. The van der Waals surface area contributed by atoms with Gasteiger partial charge in [-0.1, -0.05) is 13.8 Å². The number of nitrogens with one attached hydrogen (secondary N) is 1. The fraction of sp³-hybridized carbons (Fsp3) is 0.625. The van der Waals surface area contributed by atoms with Gasteiger partial charge in [0.15, 0.2) is 0 Å². The molecule has 0 unspecified atom stereocenters. The van der Waals surface area contributed by atoms with Crippen LogP contribution >= 0.6 is 0 Å². The first kappa shape index (κ1) is 12.3. The predicted molar refractivity (Wildman–Crippen MR) is 49.1 cm³/mol. The molecule has 0 aliphatic carbocycles. The van der Waals surface area contributed by atoms with E-state index in [0.29, 0.717) is 12.6 Å². The lowest BCUT2D eigenvalue weighted by molar-refractivity contribution is -0.118. The zero-order valence-corrected chi connectivity index (χ0v) is 8.10. The molecule has 0 bridgehead atoms. The van der Waals surface area contributed by atoms with Crippen LogP contribution in [0.15, 0.2) is 0 Å². The van der Waals surface area contributed by atoms with Crippen LogP contribution in [0, 0.1) is 5.92 Å². The number of Topliss-reactive ketones (excluding diaryl/α,β-unsaturated/α-hetero) is 1. The first-order chi connectivity index (χ1) is 6.47. The van der Waals surface area contributed by atoms with Crippen LogP contribution in [0.4, 0.5) is 4.79 Å². The maximum Gasteiger partial charge on any atom is 0.405 e. The van der Waals surface area contributed by atoms with Crippen molar-refractivity contribution in [2.24, 2.45) is 5.92 Å². The zero-order chi connectivity index (χ0) is 11.1. The number of carbonyl (C=O) groups excluding carboxylic acids is 1. The van der Waals surface area contributed by atoms with Gasteiger partial charge in [0, 0.05) is 0 Å². The van der Waals surface area contributed by atoms with Crippen LogP contribution in [0.1, 0.15) is 20.3 Å². The summed E-state index contributed by atoms with van der Waals surface area (Å²) in [6.45, 7) is 3.72. The van der Waals surface area contributed by atoms with Crippen molar-refractivity contribution in [1.29, 1.82) is 0 Å². The Hall–Kier alpha value is -1.68. The second-order valence-electron chi connectivity index (χ2n) is 3.28. The third-order valence-electron chi connectivity index (χ3n) is 1.53. The maximum atomic E-state index is 11.2. The Morgan fingerprint density at radius 1 is 1.57 bits per heavy atom. The van der Waals surface area contributed by atoms with Gasteiger partial charge in [-0.2, -0.15) is 4.79 Å². The van der Waals surface area contributed by atoms with E-state index in [1.54, 1.807) is 0 Å². The van der Waals surface area contributed by atoms with Crippen molar-refractivity contribution in [3.05, 3.63) is 5.53 Å². The fourth-order valence-corrected chi connectivity index (χ4v) is 1.01. The van der Waals surface area contributed by atoms with Crippen LogP contribution in [0.25, 0.3) is 5.53 Å². The standard InChI is InChI=1S/C8H13N3O3/c1-5(2)3-6(11-8(13)14)7(12)4-10-9/h4-6,11H,3H2,1-2H3,(H,13,14)/t6-/m0/s1. The summed E-state index contributed by atoms with van der Waals surface area (Å²) in [5.74, 6) is -0.383. The molecule has 6 heteroatoms. The van der Waals surface area contributed by atoms with Crippen LogP contribution in [0.3, 0.4) is 0 Å². The summed E-state index contributed by atoms with van der Waals surface area (Å²) < 4.78 is 0. The van der Waals surface area contributed by atoms with Gasteiger partial charge in [-0.15, -0.1) is 0 Å². The molecule has 2 N–H and O–H groups in total. The van der Waals surface area contributed by atoms with E-state index in [1.165, 1.54) is 0 Å². The number of nitrogens with zero attached hydrogens (tertiary/aromatic N) is 2. The molecule has 0 spiro atoms. The maximum absolute atomic E-state index is 11.2. The molecule has 0 saturated carbocycles. The third-order valence-corrected chi connectivity index (χ3v) is 1.53. The van der Waals surface area contributed by atoms with Crippen LogP contribution in [-0.4, -0.2) is 34.0 Å². The highest BCUT2D eigenvalue weighted by Crippen LogP contribution is 2.04. The van der Waals surface area contributed by atoms with E-state index >= 15 is 0 Å². The molecule has 78 valence electrons. The zero-order valence-electron chi connectivity index (χ0n) is 8.10. The van der Waals surface area contributed by atoms with Crippen LogP contribution in [-0.2, 0) is 4.79 Å². The molecule has 0 rings (SSSR count). The number of rotatable bonds is 5. The van der Waals surface area contributed by atoms with E-state index in [1.807, 2.05) is 13.8 Å². The number of hydrogen-bond acceptors (Lipinski definition) is 2. The van der Waals surface area contributed by atoms with Crippen molar-refractivity contribution in [3.8, 4) is 0 Å². The Balaban J connectivity index is 4.45. The van der Waals surface area contributed by atoms with E-state index in [0.717, 1.165) is 0 Å². The van der Waals surface area contributed by atoms with Gasteiger partial charge in [0.25, 0.3) is 5.78 Å². The summed E-state index contributed by atoms with van der Waals surface area (Å²) in [5, 5.41) is 10.5. The van der Waals surface area contributed by atoms with Gasteiger partial charge >= 0.3 is 12.3 Å². The molecule has 0 heterocycles. The summed E-state index contributed by atoms with van der Waals surface area (Å²) in [7, 11) is 0. The van der Waals surface area contributed by atoms with Gasteiger partial charge in [0.1, 0.15) is 6.04 Å². The second-order valence-corrected chi connectivity index (χ2v) is 3.28. The van der Waals surface area contributed by atoms with E-state index < -0.39 is 17.9 Å². The van der Waals surface area contributed by atoms with Crippen molar-refractivity contribution >= 4 is 18.1 Å². The smallest absolute Gasteiger partial charge is 0.405 e. The topological polar surface area (TPSA) is 103 Å². The van der Waals surface area contributed by atoms with Crippen LogP contribution in [0.2, 0.25) is 0 Å². The van der Waals surface area contributed by atoms with Crippen molar-refractivity contribution in [3.63, 3.8) is 0 Å². The highest BCUT2D eigenvalue weighted by Gasteiger charge is 2.22. The summed E-state index contributed by atoms with van der Waals surface area (Å²) in [6.07, 6.45) is -0.199. The van der Waals surface area contributed by atoms with Crippen LogP contribution < -0.4 is 5.32 Å². The second kappa shape index (κ2) is 5.88. The minimum Gasteiger partial charge on any atom is -0.465 e. The van der Waals surface area contributed by atoms with E-state index in [9.17, 15) is 9.59 Å². The Bertz CT molecular complexity index is 269. The third kappa shape index (κ3) is 5.05. The Morgan fingerprint density at radius 3 is 2.50 bits per heavy atom. The minimum absolute atomic E-state index is 0.169. The number of carboxylic acid groups (broad SMARTS) is 1. The Morgan fingerprint density at radius 2 is 2.14 bits per heavy atom. The SMILES string of the molecule is CC(C)C[C@H](NC(=O)O)C(=O)C=[N+]=[N-]. The number of ketones is 1. The lowest BCUT2D eigenvalue weighted by atomic mass is 10.0. The van der Waals surface area contributed by atoms with E-state index in [-0.39, 0.29) is 5.92 Å². The number of carbonyl (C=O) groups is 2. The predicted octanol–water partition coefficient (Wildman–Crippen LogP) is 0.538. The van der Waals surface area contributed by atoms with Crippen molar-refractivity contribution in [2.75, 3.05) is 0 Å². The first-order valence-electron chi connectivity index (χ1n) is 4.18. The van der Waals surface area contributed by atoms with E-state index in [2.05, 4.69) is 10.1 Å². The summed E-state index contributed by atoms with van der Waals surface area (Å²) >= 11 is 0. The van der Waals surface area contributed by atoms with Gasteiger partial charge in [0.2, 0.25) is 0 Å². The summed E-state index contributed by atoms with van der Waals surface area (Å²) in [5.41, 5.74) is 8.13. The number of amides is 1. The van der Waals surface area contributed by atoms with Gasteiger partial charge < -0.3 is 16.0 Å². The summed E-state index contributed by atoms with van der Waals surface area (Å²) in [4.78, 5) is 24.1. The minimum atomic E-state index is -1.27. The lowest BCUT2D eigenvalue weighted by Gasteiger charge is -2.13. The molecular weight excluding hydrogens is 186 g/mol. The molecular formula is C8H13N3O3. The fourth-order valence-electron chi connectivity index (χ4n) is 1.01. The molecule has 0 aromatic heterocycles. The number of hydrogen-bond donors (Lipinski definition) is 2. The van der Waals surface area contributed by atoms with Gasteiger partial charge in [-0.3, -0.25) is 4.79 Å². The molecule has 0 fully saturated rings. The van der Waals surface area contributed by atoms with Crippen molar-refractivity contribution in [1.82, 2.24) is 5.32 Å². The Kier molecular flexibility index (Phi) is 5.17. The van der Waals surface area contributed by atoms with Gasteiger partial charge in [0.05, 0.1) is 0 Å². The van der Waals surface area contributed by atoms with Crippen molar-refractivity contribution in [2.45, 2.75) is 26.3 Å².